The Balaban J connectivity index is 1.87. The molecule has 0 saturated heterocycles. The SMILES string of the molecule is CCn1c(=NC(=O)COc2ccc(Cl)cc2Cl)sc2cc(C(=O)OC)ccc21. The zero-order valence-electron chi connectivity index (χ0n) is 15.1. The van der Waals surface area contributed by atoms with E-state index < -0.39 is 11.9 Å². The van der Waals surface area contributed by atoms with Gasteiger partial charge in [0.05, 0.1) is 27.9 Å². The van der Waals surface area contributed by atoms with E-state index >= 15 is 0 Å². The number of halogens is 2. The van der Waals surface area contributed by atoms with Crippen LogP contribution in [0, 0.1) is 0 Å². The van der Waals surface area contributed by atoms with Gasteiger partial charge in [-0.2, -0.15) is 4.99 Å². The molecule has 0 spiro atoms. The standard InChI is InChI=1S/C19H16Cl2N2O4S/c1-3-23-14-6-4-11(18(25)26-2)8-16(14)28-19(23)22-17(24)10-27-15-7-5-12(20)9-13(15)21/h4-9H,3,10H2,1-2H3. The van der Waals surface area contributed by atoms with Crippen molar-refractivity contribution in [3.05, 3.63) is 56.8 Å². The molecule has 1 heterocycles. The summed E-state index contributed by atoms with van der Waals surface area (Å²) in [5, 5.41) is 0.801. The van der Waals surface area contributed by atoms with Crippen LogP contribution in [0.4, 0.5) is 0 Å². The molecule has 0 radical (unpaired) electrons. The summed E-state index contributed by atoms with van der Waals surface area (Å²) in [7, 11) is 1.33. The lowest BCUT2D eigenvalue weighted by atomic mass is 10.2. The van der Waals surface area contributed by atoms with Crippen LogP contribution in [0.1, 0.15) is 17.3 Å². The molecule has 1 amide bonds. The van der Waals surface area contributed by atoms with Crippen LogP contribution in [-0.2, 0) is 16.1 Å². The summed E-state index contributed by atoms with van der Waals surface area (Å²) < 4.78 is 12.9. The van der Waals surface area contributed by atoms with Crippen molar-refractivity contribution >= 4 is 56.6 Å². The van der Waals surface area contributed by atoms with Crippen LogP contribution in [0.2, 0.25) is 10.0 Å². The third-order valence-electron chi connectivity index (χ3n) is 3.89. The molecule has 3 aromatic rings. The Hall–Kier alpha value is -2.35. The lowest BCUT2D eigenvalue weighted by Crippen LogP contribution is -2.18. The molecule has 1 aromatic heterocycles. The molecule has 3 rings (SSSR count). The predicted molar refractivity (Wildman–Crippen MR) is 109 cm³/mol. The number of hydrogen-bond donors (Lipinski definition) is 0. The molecular formula is C19H16Cl2N2O4S. The second kappa shape index (κ2) is 8.77. The fraction of sp³-hybridized carbons (Fsp3) is 0.211. The molecule has 0 fully saturated rings. The summed E-state index contributed by atoms with van der Waals surface area (Å²) in [5.41, 5.74) is 1.33. The van der Waals surface area contributed by atoms with Crippen LogP contribution in [0.15, 0.2) is 41.4 Å². The van der Waals surface area contributed by atoms with Crippen molar-refractivity contribution in [2.45, 2.75) is 13.5 Å². The van der Waals surface area contributed by atoms with E-state index in [-0.39, 0.29) is 6.61 Å². The van der Waals surface area contributed by atoms with Gasteiger partial charge in [0.25, 0.3) is 5.91 Å². The molecule has 28 heavy (non-hydrogen) atoms. The minimum Gasteiger partial charge on any atom is -0.482 e. The molecule has 6 nitrogen and oxygen atoms in total. The highest BCUT2D eigenvalue weighted by atomic mass is 35.5. The molecule has 0 atom stereocenters. The van der Waals surface area contributed by atoms with E-state index in [0.717, 1.165) is 10.2 Å². The molecule has 9 heteroatoms. The number of esters is 1. The number of carbonyl (C=O) groups is 2. The highest BCUT2D eigenvalue weighted by molar-refractivity contribution is 7.16. The number of nitrogens with zero attached hydrogens (tertiary/aromatic N) is 2. The van der Waals surface area contributed by atoms with Crippen LogP contribution in [0.3, 0.4) is 0 Å². The van der Waals surface area contributed by atoms with Crippen molar-refractivity contribution in [2.75, 3.05) is 13.7 Å². The molecule has 0 unspecified atom stereocenters. The minimum atomic E-state index is -0.451. The van der Waals surface area contributed by atoms with Crippen molar-refractivity contribution in [2.24, 2.45) is 4.99 Å². The van der Waals surface area contributed by atoms with E-state index in [2.05, 4.69) is 4.99 Å². The van der Waals surface area contributed by atoms with Crippen molar-refractivity contribution < 1.29 is 19.1 Å². The summed E-state index contributed by atoms with van der Waals surface area (Å²) in [5.74, 6) is -0.508. The van der Waals surface area contributed by atoms with Gasteiger partial charge < -0.3 is 14.0 Å². The van der Waals surface area contributed by atoms with Crippen LogP contribution < -0.4 is 9.54 Å². The molecule has 0 aliphatic rings. The smallest absolute Gasteiger partial charge is 0.337 e. The van der Waals surface area contributed by atoms with E-state index in [1.165, 1.54) is 24.5 Å². The van der Waals surface area contributed by atoms with Crippen LogP contribution in [0.5, 0.6) is 5.75 Å². The number of carbonyl (C=O) groups excluding carboxylic acids is 2. The van der Waals surface area contributed by atoms with Gasteiger partial charge in [-0.1, -0.05) is 34.5 Å². The van der Waals surface area contributed by atoms with Gasteiger partial charge in [0, 0.05) is 11.6 Å². The maximum atomic E-state index is 12.3. The molecular weight excluding hydrogens is 423 g/mol. The Morgan fingerprint density at radius 1 is 1.18 bits per heavy atom. The predicted octanol–water partition coefficient (Wildman–Crippen LogP) is 4.32. The van der Waals surface area contributed by atoms with E-state index in [0.29, 0.717) is 32.7 Å². The van der Waals surface area contributed by atoms with E-state index in [9.17, 15) is 9.59 Å². The van der Waals surface area contributed by atoms with Gasteiger partial charge in [-0.25, -0.2) is 4.79 Å². The number of methoxy groups -OCH3 is 1. The second-order valence-electron chi connectivity index (χ2n) is 5.67. The molecule has 2 aromatic carbocycles. The first-order chi connectivity index (χ1) is 13.4. The van der Waals surface area contributed by atoms with Crippen molar-refractivity contribution in [3.8, 4) is 5.75 Å². The monoisotopic (exact) mass is 438 g/mol. The maximum Gasteiger partial charge on any atom is 0.337 e. The molecule has 0 saturated carbocycles. The van der Waals surface area contributed by atoms with Gasteiger partial charge in [0.2, 0.25) is 0 Å². The van der Waals surface area contributed by atoms with Crippen LogP contribution >= 0.6 is 34.5 Å². The summed E-state index contributed by atoms with van der Waals surface area (Å²) in [6.45, 7) is 2.31. The van der Waals surface area contributed by atoms with Gasteiger partial charge in [0.1, 0.15) is 5.75 Å². The largest absolute Gasteiger partial charge is 0.482 e. The first kappa shape index (κ1) is 20.4. The summed E-state index contributed by atoms with van der Waals surface area (Å²) in [4.78, 5) is 28.7. The Labute approximate surface area is 174 Å². The van der Waals surface area contributed by atoms with E-state index in [1.54, 1.807) is 24.3 Å². The number of amides is 1. The third kappa shape index (κ3) is 4.38. The first-order valence-electron chi connectivity index (χ1n) is 8.30. The maximum absolute atomic E-state index is 12.3. The number of ether oxygens (including phenoxy) is 2. The number of hydrogen-bond acceptors (Lipinski definition) is 5. The van der Waals surface area contributed by atoms with Crippen molar-refractivity contribution in [1.29, 1.82) is 0 Å². The second-order valence-corrected chi connectivity index (χ2v) is 7.52. The number of fused-ring (bicyclic) bond motifs is 1. The summed E-state index contributed by atoms with van der Waals surface area (Å²) >= 11 is 13.2. The Bertz CT molecular complexity index is 1120. The lowest BCUT2D eigenvalue weighted by Gasteiger charge is -2.05. The minimum absolute atomic E-state index is 0.257. The third-order valence-corrected chi connectivity index (χ3v) is 5.46. The Morgan fingerprint density at radius 3 is 2.64 bits per heavy atom. The quantitative estimate of drug-likeness (QED) is 0.556. The van der Waals surface area contributed by atoms with E-state index in [4.69, 9.17) is 32.7 Å². The van der Waals surface area contributed by atoms with Crippen molar-refractivity contribution in [3.63, 3.8) is 0 Å². The van der Waals surface area contributed by atoms with Gasteiger partial charge in [-0.05, 0) is 43.3 Å². The summed E-state index contributed by atoms with van der Waals surface area (Å²) in [6, 6.07) is 9.99. The fourth-order valence-corrected chi connectivity index (χ4v) is 4.19. The van der Waals surface area contributed by atoms with E-state index in [1.807, 2.05) is 17.6 Å². The Kier molecular flexibility index (Phi) is 6.39. The van der Waals surface area contributed by atoms with Gasteiger partial charge in [-0.3, -0.25) is 4.79 Å². The Morgan fingerprint density at radius 2 is 1.96 bits per heavy atom. The number of aryl methyl sites for hydroxylation is 1. The number of thiazole rings is 1. The highest BCUT2D eigenvalue weighted by Gasteiger charge is 2.12. The molecule has 0 aliphatic carbocycles. The number of aromatic nitrogens is 1. The van der Waals surface area contributed by atoms with Crippen LogP contribution in [-0.4, -0.2) is 30.2 Å². The van der Waals surface area contributed by atoms with Crippen molar-refractivity contribution in [1.82, 2.24) is 4.57 Å². The lowest BCUT2D eigenvalue weighted by molar-refractivity contribution is -0.120. The fourth-order valence-electron chi connectivity index (χ4n) is 2.58. The molecule has 146 valence electrons. The van der Waals surface area contributed by atoms with Gasteiger partial charge in [0.15, 0.2) is 11.4 Å². The summed E-state index contributed by atoms with van der Waals surface area (Å²) in [6.07, 6.45) is 0. The zero-order chi connectivity index (χ0) is 20.3. The molecule has 0 bridgehead atoms. The average molecular weight is 439 g/mol. The highest BCUT2D eigenvalue weighted by Crippen LogP contribution is 2.27. The van der Waals surface area contributed by atoms with Crippen LogP contribution in [0.25, 0.3) is 10.2 Å². The molecule has 0 aliphatic heterocycles. The topological polar surface area (TPSA) is 69.9 Å². The number of rotatable bonds is 5. The number of benzene rings is 2. The zero-order valence-corrected chi connectivity index (χ0v) is 17.4. The molecule has 0 N–H and O–H groups in total. The first-order valence-corrected chi connectivity index (χ1v) is 9.87. The average Bonchev–Trinajstić information content (AvgIpc) is 3.02. The van der Waals surface area contributed by atoms with Gasteiger partial charge in [-0.15, -0.1) is 0 Å². The normalized spacial score (nSPS) is 11.6. The van der Waals surface area contributed by atoms with Gasteiger partial charge >= 0.3 is 5.97 Å².